The van der Waals surface area contributed by atoms with Crippen LogP contribution in [0.1, 0.15) is 0 Å². The number of benzene rings is 1. The molecule has 2 rings (SSSR count). The lowest BCUT2D eigenvalue weighted by Gasteiger charge is -2.06. The van der Waals surface area contributed by atoms with Crippen molar-refractivity contribution in [3.63, 3.8) is 0 Å². The number of nitrogens with two attached hydrogens (primary N) is 1. The molecule has 0 saturated heterocycles. The molecule has 0 aliphatic heterocycles. The number of ether oxygens (including phenoxy) is 2. The Morgan fingerprint density at radius 2 is 2.11 bits per heavy atom. The van der Waals surface area contributed by atoms with E-state index in [0.29, 0.717) is 16.7 Å². The Bertz CT molecular complexity index is 558. The van der Waals surface area contributed by atoms with Crippen molar-refractivity contribution in [2.75, 3.05) is 20.0 Å². The maximum absolute atomic E-state index is 11.1. The van der Waals surface area contributed by atoms with E-state index in [-0.39, 0.29) is 11.7 Å². The van der Waals surface area contributed by atoms with Gasteiger partial charge in [-0.1, -0.05) is 11.8 Å². The number of aromatic amines is 1. The third-order valence-corrected chi connectivity index (χ3v) is 3.34. The van der Waals surface area contributed by atoms with Crippen LogP contribution in [0.5, 0.6) is 11.5 Å². The molecule has 0 bridgehead atoms. The predicted molar refractivity (Wildman–Crippen MR) is 72.3 cm³/mol. The highest BCUT2D eigenvalue weighted by molar-refractivity contribution is 7.99. The van der Waals surface area contributed by atoms with Crippen molar-refractivity contribution in [1.29, 1.82) is 0 Å². The molecule has 0 unspecified atom stereocenters. The Kier molecular flexibility index (Phi) is 4.13. The van der Waals surface area contributed by atoms with Crippen LogP contribution in [0.4, 0.5) is 0 Å². The van der Waals surface area contributed by atoms with E-state index in [2.05, 4.69) is 15.4 Å². The normalized spacial score (nSPS) is 10.5. The summed E-state index contributed by atoms with van der Waals surface area (Å²) in [6.07, 6.45) is 0. The summed E-state index contributed by atoms with van der Waals surface area (Å²) in [5, 5.41) is 0.633. The first kappa shape index (κ1) is 13.5. The van der Waals surface area contributed by atoms with Gasteiger partial charge in [-0.15, -0.1) is 0 Å². The molecule has 4 N–H and O–H groups in total. The molecule has 19 heavy (non-hydrogen) atoms. The van der Waals surface area contributed by atoms with Crippen LogP contribution in [0.25, 0.3) is 11.0 Å². The zero-order chi connectivity index (χ0) is 13.8. The lowest BCUT2D eigenvalue weighted by molar-refractivity contribution is -0.118. The number of aromatic nitrogens is 2. The van der Waals surface area contributed by atoms with Crippen LogP contribution in [-0.2, 0) is 4.79 Å². The summed E-state index contributed by atoms with van der Waals surface area (Å²) in [5.41, 5.74) is 3.62. The van der Waals surface area contributed by atoms with E-state index >= 15 is 0 Å². The number of nitrogens with zero attached hydrogens (tertiary/aromatic N) is 1. The van der Waals surface area contributed by atoms with Crippen LogP contribution in [0.15, 0.2) is 17.3 Å². The van der Waals surface area contributed by atoms with Crippen LogP contribution in [0.3, 0.4) is 0 Å². The monoisotopic (exact) mass is 282 g/mol. The first-order chi connectivity index (χ1) is 9.17. The fourth-order valence-corrected chi connectivity index (χ4v) is 2.25. The number of H-pyrrole nitrogens is 1. The molecule has 0 aliphatic rings. The molecule has 0 fully saturated rings. The molecule has 1 amide bonds. The van der Waals surface area contributed by atoms with Crippen molar-refractivity contribution in [3.05, 3.63) is 12.1 Å². The number of carbonyl (C=O) groups is 1. The minimum absolute atomic E-state index is 0.199. The summed E-state index contributed by atoms with van der Waals surface area (Å²) in [5.74, 6) is 6.18. The second kappa shape index (κ2) is 5.81. The Hall–Kier alpha value is -1.93. The molecule has 2 aromatic rings. The van der Waals surface area contributed by atoms with Gasteiger partial charge in [-0.05, 0) is 0 Å². The number of methoxy groups -OCH3 is 2. The summed E-state index contributed by atoms with van der Waals surface area (Å²) < 4.78 is 10.4. The molecule has 0 saturated carbocycles. The van der Waals surface area contributed by atoms with Gasteiger partial charge in [0.05, 0.1) is 31.0 Å². The summed E-state index contributed by atoms with van der Waals surface area (Å²) in [4.78, 5) is 18.5. The summed E-state index contributed by atoms with van der Waals surface area (Å²) in [7, 11) is 3.14. The van der Waals surface area contributed by atoms with E-state index < -0.39 is 0 Å². The molecule has 0 spiro atoms. The first-order valence-corrected chi connectivity index (χ1v) is 6.40. The number of hydrogen-bond donors (Lipinski definition) is 3. The Morgan fingerprint density at radius 3 is 2.74 bits per heavy atom. The predicted octanol–water partition coefficient (Wildman–Crippen LogP) is 0.662. The zero-order valence-electron chi connectivity index (χ0n) is 10.5. The molecule has 0 aliphatic carbocycles. The fourth-order valence-electron chi connectivity index (χ4n) is 1.56. The summed E-state index contributed by atoms with van der Waals surface area (Å²) >= 11 is 1.27. The van der Waals surface area contributed by atoms with Crippen molar-refractivity contribution >= 4 is 28.7 Å². The molecule has 0 atom stereocenters. The van der Waals surface area contributed by atoms with Crippen LogP contribution < -0.4 is 20.7 Å². The molecule has 1 heterocycles. The highest BCUT2D eigenvalue weighted by Crippen LogP contribution is 2.32. The zero-order valence-corrected chi connectivity index (χ0v) is 11.3. The minimum atomic E-state index is -0.263. The maximum Gasteiger partial charge on any atom is 0.244 e. The van der Waals surface area contributed by atoms with Gasteiger partial charge in [0.1, 0.15) is 0 Å². The first-order valence-electron chi connectivity index (χ1n) is 5.42. The van der Waals surface area contributed by atoms with Gasteiger partial charge < -0.3 is 14.5 Å². The highest BCUT2D eigenvalue weighted by atomic mass is 32.2. The van der Waals surface area contributed by atoms with Crippen molar-refractivity contribution in [2.45, 2.75) is 5.16 Å². The van der Waals surface area contributed by atoms with Gasteiger partial charge in [0, 0.05) is 12.1 Å². The summed E-state index contributed by atoms with van der Waals surface area (Å²) in [6, 6.07) is 3.58. The van der Waals surface area contributed by atoms with E-state index in [0.717, 1.165) is 11.0 Å². The molecular weight excluding hydrogens is 268 g/mol. The van der Waals surface area contributed by atoms with E-state index in [9.17, 15) is 4.79 Å². The van der Waals surface area contributed by atoms with Gasteiger partial charge >= 0.3 is 0 Å². The largest absolute Gasteiger partial charge is 0.493 e. The molecule has 0 radical (unpaired) electrons. The number of rotatable bonds is 5. The van der Waals surface area contributed by atoms with Gasteiger partial charge in [-0.3, -0.25) is 10.2 Å². The number of hydrogen-bond acceptors (Lipinski definition) is 6. The maximum atomic E-state index is 11.1. The average molecular weight is 282 g/mol. The molecule has 1 aromatic carbocycles. The number of hydrazine groups is 1. The molecule has 7 nitrogen and oxygen atoms in total. The number of carbonyl (C=O) groups excluding carboxylic acids is 1. The van der Waals surface area contributed by atoms with E-state index in [4.69, 9.17) is 15.3 Å². The van der Waals surface area contributed by atoms with E-state index in [1.807, 2.05) is 0 Å². The van der Waals surface area contributed by atoms with Crippen LogP contribution >= 0.6 is 11.8 Å². The van der Waals surface area contributed by atoms with Crippen molar-refractivity contribution < 1.29 is 14.3 Å². The van der Waals surface area contributed by atoms with Crippen LogP contribution in [-0.4, -0.2) is 35.8 Å². The topological polar surface area (TPSA) is 102 Å². The highest BCUT2D eigenvalue weighted by Gasteiger charge is 2.11. The standard InChI is InChI=1S/C11H14N4O3S/c1-17-8-3-6-7(4-9(8)18-2)14-11(13-6)19-5-10(16)15-12/h3-4H,5,12H2,1-2H3,(H,13,14)(H,15,16). The third kappa shape index (κ3) is 2.91. The minimum Gasteiger partial charge on any atom is -0.493 e. The van der Waals surface area contributed by atoms with Gasteiger partial charge in [0.2, 0.25) is 5.91 Å². The number of amides is 1. The quantitative estimate of drug-likeness (QED) is 0.322. The van der Waals surface area contributed by atoms with Crippen LogP contribution in [0.2, 0.25) is 0 Å². The molecular formula is C11H14N4O3S. The van der Waals surface area contributed by atoms with Gasteiger partial charge in [0.15, 0.2) is 16.7 Å². The second-order valence-electron chi connectivity index (χ2n) is 3.62. The van der Waals surface area contributed by atoms with Crippen molar-refractivity contribution in [3.8, 4) is 11.5 Å². The van der Waals surface area contributed by atoms with E-state index in [1.165, 1.54) is 11.8 Å². The Balaban J connectivity index is 2.27. The lowest BCUT2D eigenvalue weighted by Crippen LogP contribution is -2.31. The van der Waals surface area contributed by atoms with E-state index in [1.54, 1.807) is 26.4 Å². The lowest BCUT2D eigenvalue weighted by atomic mass is 10.3. The van der Waals surface area contributed by atoms with Crippen molar-refractivity contribution in [2.24, 2.45) is 5.84 Å². The smallest absolute Gasteiger partial charge is 0.244 e. The number of fused-ring (bicyclic) bond motifs is 1. The van der Waals surface area contributed by atoms with Gasteiger partial charge in [0.25, 0.3) is 0 Å². The molecule has 1 aromatic heterocycles. The Labute approximate surface area is 113 Å². The average Bonchev–Trinajstić information content (AvgIpc) is 2.84. The number of nitrogens with one attached hydrogen (secondary N) is 2. The number of thioether (sulfide) groups is 1. The Morgan fingerprint density at radius 1 is 1.42 bits per heavy atom. The SMILES string of the molecule is COc1cc2nc(SCC(=O)NN)[nH]c2cc1OC. The fraction of sp³-hybridized carbons (Fsp3) is 0.273. The van der Waals surface area contributed by atoms with Gasteiger partial charge in [-0.2, -0.15) is 0 Å². The van der Waals surface area contributed by atoms with Gasteiger partial charge in [-0.25, -0.2) is 10.8 Å². The van der Waals surface area contributed by atoms with Crippen molar-refractivity contribution in [1.82, 2.24) is 15.4 Å². The third-order valence-electron chi connectivity index (χ3n) is 2.47. The summed E-state index contributed by atoms with van der Waals surface area (Å²) in [6.45, 7) is 0. The second-order valence-corrected chi connectivity index (χ2v) is 4.59. The number of imidazole rings is 1. The molecule has 8 heteroatoms. The van der Waals surface area contributed by atoms with Crippen LogP contribution in [0, 0.1) is 0 Å². The molecule has 102 valence electrons.